The molecule has 108 valence electrons. The molecule has 21 heavy (non-hydrogen) atoms. The molecule has 2 nitrogen and oxygen atoms in total. The predicted molar refractivity (Wildman–Crippen MR) is 79.8 cm³/mol. The van der Waals surface area contributed by atoms with Crippen molar-refractivity contribution < 1.29 is 8.78 Å². The van der Waals surface area contributed by atoms with Gasteiger partial charge in [0, 0.05) is 5.56 Å². The highest BCUT2D eigenvalue weighted by Crippen LogP contribution is 2.26. The molecule has 1 aromatic heterocycles. The molecule has 0 amide bonds. The second-order valence-corrected chi connectivity index (χ2v) is 5.27. The second-order valence-electron chi connectivity index (χ2n) is 4.59. The number of benzene rings is 2. The van der Waals surface area contributed by atoms with Crippen LogP contribution in [0.1, 0.15) is 11.4 Å². The number of para-hydroxylation sites is 1. The van der Waals surface area contributed by atoms with Gasteiger partial charge < -0.3 is 4.57 Å². The third-order valence-electron chi connectivity index (χ3n) is 3.26. The maximum Gasteiger partial charge on any atom is 0.128 e. The first-order valence-electron chi connectivity index (χ1n) is 6.23. The van der Waals surface area contributed by atoms with Gasteiger partial charge in [-0.3, -0.25) is 0 Å². The first-order valence-corrected chi connectivity index (χ1v) is 7.15. The lowest BCUT2D eigenvalue weighted by atomic mass is 10.2. The number of rotatable bonds is 3. The van der Waals surface area contributed by atoms with Gasteiger partial charge in [-0.2, -0.15) is 0 Å². The second kappa shape index (κ2) is 5.62. The van der Waals surface area contributed by atoms with Crippen molar-refractivity contribution >= 4 is 34.2 Å². The summed E-state index contributed by atoms with van der Waals surface area (Å²) < 4.78 is 28.9. The van der Waals surface area contributed by atoms with Gasteiger partial charge in [0.2, 0.25) is 0 Å². The fraction of sp³-hybridized carbons (Fsp3) is 0.133. The molecular weight excluding hydrogens is 317 g/mol. The van der Waals surface area contributed by atoms with Crippen LogP contribution >= 0.6 is 23.2 Å². The molecule has 0 unspecified atom stereocenters. The summed E-state index contributed by atoms with van der Waals surface area (Å²) >= 11 is 12.0. The van der Waals surface area contributed by atoms with E-state index >= 15 is 0 Å². The molecule has 0 saturated heterocycles. The molecule has 0 bridgehead atoms. The first-order chi connectivity index (χ1) is 10.1. The van der Waals surface area contributed by atoms with Crippen molar-refractivity contribution in [2.45, 2.75) is 12.4 Å². The van der Waals surface area contributed by atoms with E-state index in [-0.39, 0.29) is 18.0 Å². The molecule has 1 heterocycles. The summed E-state index contributed by atoms with van der Waals surface area (Å²) in [6.45, 7) is 0.141. The quantitative estimate of drug-likeness (QED) is 0.635. The molecule has 0 fully saturated rings. The van der Waals surface area contributed by atoms with Crippen LogP contribution in [-0.4, -0.2) is 9.55 Å². The Morgan fingerprint density at radius 1 is 1.14 bits per heavy atom. The molecule has 2 aromatic carbocycles. The summed E-state index contributed by atoms with van der Waals surface area (Å²) in [5.74, 6) is -0.243. The Kier molecular flexibility index (Phi) is 3.83. The van der Waals surface area contributed by atoms with Crippen LogP contribution in [0.5, 0.6) is 0 Å². The number of hydrogen-bond acceptors (Lipinski definition) is 1. The van der Waals surface area contributed by atoms with Gasteiger partial charge in [0.05, 0.1) is 23.0 Å². The minimum Gasteiger partial charge on any atom is -0.322 e. The monoisotopic (exact) mass is 326 g/mol. The van der Waals surface area contributed by atoms with Gasteiger partial charge in [-0.05, 0) is 30.3 Å². The number of imidazole rings is 1. The van der Waals surface area contributed by atoms with E-state index in [2.05, 4.69) is 4.98 Å². The van der Waals surface area contributed by atoms with Crippen molar-refractivity contribution in [2.75, 3.05) is 0 Å². The zero-order valence-corrected chi connectivity index (χ0v) is 12.3. The molecule has 0 saturated carbocycles. The zero-order valence-electron chi connectivity index (χ0n) is 10.8. The number of alkyl halides is 1. The van der Waals surface area contributed by atoms with Crippen LogP contribution in [0, 0.1) is 11.6 Å². The Labute approximate surface area is 129 Å². The van der Waals surface area contributed by atoms with E-state index in [0.29, 0.717) is 16.4 Å². The third-order valence-corrected chi connectivity index (χ3v) is 3.81. The fourth-order valence-corrected chi connectivity index (χ4v) is 2.69. The van der Waals surface area contributed by atoms with E-state index < -0.39 is 11.6 Å². The van der Waals surface area contributed by atoms with E-state index in [4.69, 9.17) is 23.2 Å². The Morgan fingerprint density at radius 3 is 2.71 bits per heavy atom. The highest BCUT2D eigenvalue weighted by atomic mass is 35.5. The van der Waals surface area contributed by atoms with Gasteiger partial charge in [-0.25, -0.2) is 13.8 Å². The number of hydrogen-bond donors (Lipinski definition) is 0. The first kappa shape index (κ1) is 14.3. The molecule has 3 rings (SSSR count). The molecule has 0 spiro atoms. The van der Waals surface area contributed by atoms with Crippen molar-refractivity contribution in [3.8, 4) is 0 Å². The smallest absolute Gasteiger partial charge is 0.128 e. The van der Waals surface area contributed by atoms with Crippen LogP contribution in [0.25, 0.3) is 11.0 Å². The molecular formula is C15H10Cl2F2N2. The number of fused-ring (bicyclic) bond motifs is 1. The molecule has 0 aliphatic carbocycles. The number of nitrogens with zero attached hydrogens (tertiary/aromatic N) is 2. The lowest BCUT2D eigenvalue weighted by molar-refractivity contribution is 0.577. The van der Waals surface area contributed by atoms with E-state index in [1.54, 1.807) is 16.7 Å². The van der Waals surface area contributed by atoms with E-state index in [9.17, 15) is 8.78 Å². The van der Waals surface area contributed by atoms with E-state index in [1.165, 1.54) is 6.07 Å². The molecule has 0 N–H and O–H groups in total. The zero-order chi connectivity index (χ0) is 15.0. The molecule has 3 aromatic rings. The van der Waals surface area contributed by atoms with Gasteiger partial charge in [0.1, 0.15) is 23.0 Å². The van der Waals surface area contributed by atoms with Crippen molar-refractivity contribution in [1.29, 1.82) is 0 Å². The SMILES string of the molecule is Fc1ccc(F)c(Cn2c(CCl)nc3c(Cl)cccc32)c1. The summed E-state index contributed by atoms with van der Waals surface area (Å²) in [5.41, 5.74) is 1.58. The number of halogens is 4. The van der Waals surface area contributed by atoms with Crippen molar-refractivity contribution in [2.24, 2.45) is 0 Å². The van der Waals surface area contributed by atoms with Crippen LogP contribution in [0.3, 0.4) is 0 Å². The lowest BCUT2D eigenvalue weighted by Crippen LogP contribution is -2.06. The van der Waals surface area contributed by atoms with Gasteiger partial charge in [0.15, 0.2) is 0 Å². The largest absolute Gasteiger partial charge is 0.322 e. The number of aromatic nitrogens is 2. The Hall–Kier alpha value is -1.65. The molecule has 0 radical (unpaired) electrons. The Morgan fingerprint density at radius 2 is 1.95 bits per heavy atom. The van der Waals surface area contributed by atoms with Crippen LogP contribution in [0.4, 0.5) is 8.78 Å². The average Bonchev–Trinajstić information content (AvgIpc) is 2.82. The van der Waals surface area contributed by atoms with Crippen molar-refractivity contribution in [3.63, 3.8) is 0 Å². The Bertz CT molecular complexity index is 815. The highest BCUT2D eigenvalue weighted by Gasteiger charge is 2.14. The predicted octanol–water partition coefficient (Wildman–Crippen LogP) is 4.76. The fourth-order valence-electron chi connectivity index (χ4n) is 2.27. The Balaban J connectivity index is 2.15. The topological polar surface area (TPSA) is 17.8 Å². The standard InChI is InChI=1S/C15H10Cl2F2N2/c16-7-14-20-15-11(17)2-1-3-13(15)21(14)8-9-6-10(18)4-5-12(9)19/h1-6H,7-8H2. The summed E-state index contributed by atoms with van der Waals surface area (Å²) in [7, 11) is 0. The maximum absolute atomic E-state index is 13.8. The van der Waals surface area contributed by atoms with Gasteiger partial charge in [-0.15, -0.1) is 11.6 Å². The van der Waals surface area contributed by atoms with E-state index in [1.807, 2.05) is 6.07 Å². The van der Waals surface area contributed by atoms with Crippen LogP contribution in [0.15, 0.2) is 36.4 Å². The minimum atomic E-state index is -0.485. The summed E-state index contributed by atoms with van der Waals surface area (Å²) in [4.78, 5) is 4.36. The van der Waals surface area contributed by atoms with Gasteiger partial charge >= 0.3 is 0 Å². The van der Waals surface area contributed by atoms with E-state index in [0.717, 1.165) is 17.6 Å². The van der Waals surface area contributed by atoms with Crippen LogP contribution in [0.2, 0.25) is 5.02 Å². The van der Waals surface area contributed by atoms with Crippen LogP contribution in [-0.2, 0) is 12.4 Å². The van der Waals surface area contributed by atoms with Crippen LogP contribution < -0.4 is 0 Å². The summed E-state index contributed by atoms with van der Waals surface area (Å²) in [6.07, 6.45) is 0. The third kappa shape index (κ3) is 2.61. The minimum absolute atomic E-state index is 0.141. The maximum atomic E-state index is 13.8. The normalized spacial score (nSPS) is 11.2. The highest BCUT2D eigenvalue weighted by molar-refractivity contribution is 6.35. The molecule has 0 aliphatic heterocycles. The lowest BCUT2D eigenvalue weighted by Gasteiger charge is -2.09. The van der Waals surface area contributed by atoms with Gasteiger partial charge in [-0.1, -0.05) is 17.7 Å². The van der Waals surface area contributed by atoms with Crippen molar-refractivity contribution in [3.05, 3.63) is 64.4 Å². The van der Waals surface area contributed by atoms with Crippen molar-refractivity contribution in [1.82, 2.24) is 9.55 Å². The van der Waals surface area contributed by atoms with Gasteiger partial charge in [0.25, 0.3) is 0 Å². The summed E-state index contributed by atoms with van der Waals surface area (Å²) in [6, 6.07) is 8.69. The average molecular weight is 327 g/mol. The molecule has 6 heteroatoms. The molecule has 0 atom stereocenters. The summed E-state index contributed by atoms with van der Waals surface area (Å²) in [5, 5.41) is 0.498. The molecule has 0 aliphatic rings.